The normalized spacial score (nSPS) is 10.7. The van der Waals surface area contributed by atoms with Crippen LogP contribution in [-0.4, -0.2) is 30.4 Å². The highest BCUT2D eigenvalue weighted by atomic mass is 79.9. The Morgan fingerprint density at radius 3 is 2.81 bits per heavy atom. The summed E-state index contributed by atoms with van der Waals surface area (Å²) in [5.74, 6) is 0.346. The first-order chi connectivity index (χ1) is 9.92. The van der Waals surface area contributed by atoms with Crippen LogP contribution >= 0.6 is 15.9 Å². The van der Waals surface area contributed by atoms with Crippen molar-refractivity contribution in [2.24, 2.45) is 5.92 Å². The van der Waals surface area contributed by atoms with Crippen molar-refractivity contribution < 1.29 is 4.79 Å². The number of nitrogens with one attached hydrogen (secondary N) is 1. The zero-order valence-corrected chi connectivity index (χ0v) is 14.0. The molecule has 0 bridgehead atoms. The van der Waals surface area contributed by atoms with Crippen molar-refractivity contribution in [3.63, 3.8) is 0 Å². The van der Waals surface area contributed by atoms with E-state index in [2.05, 4.69) is 41.2 Å². The van der Waals surface area contributed by atoms with Crippen LogP contribution in [0.25, 0.3) is 0 Å². The Kier molecular flexibility index (Phi) is 7.20. The van der Waals surface area contributed by atoms with Crippen molar-refractivity contribution in [2.45, 2.75) is 20.3 Å². The summed E-state index contributed by atoms with van der Waals surface area (Å²) in [5.41, 5.74) is 7.00. The van der Waals surface area contributed by atoms with Gasteiger partial charge < -0.3 is 11.1 Å². The molecule has 1 amide bonds. The summed E-state index contributed by atoms with van der Waals surface area (Å²) in [7, 11) is 0. The zero-order chi connectivity index (χ0) is 15.8. The lowest BCUT2D eigenvalue weighted by molar-refractivity contribution is -0.117. The number of rotatable bonds is 7. The summed E-state index contributed by atoms with van der Waals surface area (Å²) in [6.07, 6.45) is 0.422. The first-order valence-corrected chi connectivity index (χ1v) is 7.66. The highest BCUT2D eigenvalue weighted by molar-refractivity contribution is 9.10. The Labute approximate surface area is 134 Å². The predicted molar refractivity (Wildman–Crippen MR) is 88.7 cm³/mol. The minimum Gasteiger partial charge on any atom is -0.399 e. The van der Waals surface area contributed by atoms with E-state index >= 15 is 0 Å². The van der Waals surface area contributed by atoms with Crippen LogP contribution in [0.2, 0.25) is 0 Å². The number of hydrogen-bond donors (Lipinski definition) is 2. The smallest absolute Gasteiger partial charge is 0.238 e. The van der Waals surface area contributed by atoms with E-state index in [4.69, 9.17) is 11.0 Å². The summed E-state index contributed by atoms with van der Waals surface area (Å²) in [6, 6.07) is 7.36. The Morgan fingerprint density at radius 2 is 2.24 bits per heavy atom. The second-order valence-electron chi connectivity index (χ2n) is 5.32. The highest BCUT2D eigenvalue weighted by Gasteiger charge is 2.13. The second kappa shape index (κ2) is 8.65. The number of amides is 1. The molecule has 0 saturated heterocycles. The van der Waals surface area contributed by atoms with Crippen LogP contribution in [0.5, 0.6) is 0 Å². The molecule has 0 radical (unpaired) electrons. The SMILES string of the molecule is CC(C)CN(CCC#N)CC(=O)Nc1ccc(N)cc1Br. The van der Waals surface area contributed by atoms with Gasteiger partial charge in [-0.2, -0.15) is 5.26 Å². The molecule has 21 heavy (non-hydrogen) atoms. The third-order valence-electron chi connectivity index (χ3n) is 2.80. The molecule has 114 valence electrons. The molecule has 0 fully saturated rings. The maximum absolute atomic E-state index is 12.1. The minimum atomic E-state index is -0.0981. The van der Waals surface area contributed by atoms with Crippen molar-refractivity contribution in [1.82, 2.24) is 4.90 Å². The number of carbonyl (C=O) groups is 1. The molecule has 1 aromatic rings. The molecule has 0 spiro atoms. The van der Waals surface area contributed by atoms with E-state index < -0.39 is 0 Å². The van der Waals surface area contributed by atoms with Crippen LogP contribution in [0, 0.1) is 17.2 Å². The van der Waals surface area contributed by atoms with Gasteiger partial charge in [0.25, 0.3) is 0 Å². The lowest BCUT2D eigenvalue weighted by Gasteiger charge is -2.22. The van der Waals surface area contributed by atoms with Crippen LogP contribution in [0.15, 0.2) is 22.7 Å². The summed E-state index contributed by atoms with van der Waals surface area (Å²) in [5, 5.41) is 11.5. The molecule has 0 atom stereocenters. The molecule has 6 heteroatoms. The van der Waals surface area contributed by atoms with Gasteiger partial charge in [0, 0.05) is 29.7 Å². The number of nitrogens with two attached hydrogens (primary N) is 1. The molecule has 0 aliphatic rings. The quantitative estimate of drug-likeness (QED) is 0.739. The van der Waals surface area contributed by atoms with Crippen molar-refractivity contribution >= 4 is 33.2 Å². The van der Waals surface area contributed by atoms with Gasteiger partial charge in [0.1, 0.15) is 0 Å². The molecule has 5 nitrogen and oxygen atoms in total. The standard InChI is InChI=1S/C15H21BrN4O/c1-11(2)9-20(7-3-6-17)10-15(21)19-14-5-4-12(18)8-13(14)16/h4-5,8,11H,3,7,9-10,18H2,1-2H3,(H,19,21). The topological polar surface area (TPSA) is 82.2 Å². The van der Waals surface area contributed by atoms with Gasteiger partial charge in [-0.3, -0.25) is 9.69 Å². The van der Waals surface area contributed by atoms with Gasteiger partial charge in [-0.25, -0.2) is 0 Å². The molecule has 1 rings (SSSR count). The Hall–Kier alpha value is -1.58. The van der Waals surface area contributed by atoms with Crippen molar-refractivity contribution in [1.29, 1.82) is 5.26 Å². The fourth-order valence-corrected chi connectivity index (χ4v) is 2.48. The van der Waals surface area contributed by atoms with Crippen LogP contribution in [0.1, 0.15) is 20.3 Å². The van der Waals surface area contributed by atoms with E-state index in [0.29, 0.717) is 30.3 Å². The van der Waals surface area contributed by atoms with Crippen LogP contribution in [0.3, 0.4) is 0 Å². The largest absolute Gasteiger partial charge is 0.399 e. The average Bonchev–Trinajstić information content (AvgIpc) is 2.38. The molecule has 0 unspecified atom stereocenters. The fraction of sp³-hybridized carbons (Fsp3) is 0.467. The Bertz CT molecular complexity index is 525. The number of carbonyl (C=O) groups excluding carboxylic acids is 1. The van der Waals surface area contributed by atoms with Crippen molar-refractivity contribution in [3.05, 3.63) is 22.7 Å². The molecular formula is C15H21BrN4O. The summed E-state index contributed by atoms with van der Waals surface area (Å²) < 4.78 is 0.753. The van der Waals surface area contributed by atoms with E-state index in [1.54, 1.807) is 18.2 Å². The van der Waals surface area contributed by atoms with Crippen molar-refractivity contribution in [2.75, 3.05) is 30.7 Å². The van der Waals surface area contributed by atoms with E-state index in [-0.39, 0.29) is 12.5 Å². The number of hydrogen-bond acceptors (Lipinski definition) is 4. The summed E-state index contributed by atoms with van der Waals surface area (Å²) in [4.78, 5) is 14.1. The van der Waals surface area contributed by atoms with Gasteiger partial charge in [0.15, 0.2) is 0 Å². The number of nitriles is 1. The third-order valence-corrected chi connectivity index (χ3v) is 3.45. The number of halogens is 1. The molecule has 3 N–H and O–H groups in total. The minimum absolute atomic E-state index is 0.0981. The number of anilines is 2. The van der Waals surface area contributed by atoms with Gasteiger partial charge in [-0.05, 0) is 40.0 Å². The number of benzene rings is 1. The number of nitrogen functional groups attached to an aromatic ring is 1. The lowest BCUT2D eigenvalue weighted by atomic mass is 10.2. The Morgan fingerprint density at radius 1 is 1.52 bits per heavy atom. The molecule has 0 heterocycles. The summed E-state index contributed by atoms with van der Waals surface area (Å²) >= 11 is 3.37. The average molecular weight is 353 g/mol. The van der Waals surface area contributed by atoms with Gasteiger partial charge in [-0.15, -0.1) is 0 Å². The zero-order valence-electron chi connectivity index (χ0n) is 12.4. The van der Waals surface area contributed by atoms with E-state index in [0.717, 1.165) is 11.0 Å². The first kappa shape index (κ1) is 17.5. The second-order valence-corrected chi connectivity index (χ2v) is 6.18. The van der Waals surface area contributed by atoms with E-state index in [1.807, 2.05) is 4.90 Å². The maximum Gasteiger partial charge on any atom is 0.238 e. The number of nitrogens with zero attached hydrogens (tertiary/aromatic N) is 2. The molecule has 0 aliphatic carbocycles. The van der Waals surface area contributed by atoms with Gasteiger partial charge in [-0.1, -0.05) is 13.8 Å². The first-order valence-electron chi connectivity index (χ1n) is 6.86. The Balaban J connectivity index is 2.62. The fourth-order valence-electron chi connectivity index (χ4n) is 1.98. The summed E-state index contributed by atoms with van der Waals surface area (Å²) in [6.45, 7) is 5.85. The predicted octanol–water partition coefficient (Wildman–Crippen LogP) is 2.84. The third kappa shape index (κ3) is 6.61. The molecule has 0 aromatic heterocycles. The van der Waals surface area contributed by atoms with Gasteiger partial charge in [0.05, 0.1) is 18.3 Å². The lowest BCUT2D eigenvalue weighted by Crippen LogP contribution is -2.36. The van der Waals surface area contributed by atoms with Crippen LogP contribution in [-0.2, 0) is 4.79 Å². The molecule has 0 aliphatic heterocycles. The van der Waals surface area contributed by atoms with E-state index in [1.165, 1.54) is 0 Å². The van der Waals surface area contributed by atoms with Gasteiger partial charge >= 0.3 is 0 Å². The molecule has 1 aromatic carbocycles. The van der Waals surface area contributed by atoms with E-state index in [9.17, 15) is 4.79 Å². The van der Waals surface area contributed by atoms with Crippen molar-refractivity contribution in [3.8, 4) is 6.07 Å². The molecule has 0 saturated carbocycles. The molecular weight excluding hydrogens is 332 g/mol. The monoisotopic (exact) mass is 352 g/mol. The maximum atomic E-state index is 12.1. The van der Waals surface area contributed by atoms with Crippen LogP contribution in [0.4, 0.5) is 11.4 Å². The van der Waals surface area contributed by atoms with Gasteiger partial charge in [0.2, 0.25) is 5.91 Å². The highest BCUT2D eigenvalue weighted by Crippen LogP contribution is 2.24. The van der Waals surface area contributed by atoms with Crippen LogP contribution < -0.4 is 11.1 Å².